The van der Waals surface area contributed by atoms with Crippen molar-refractivity contribution in [2.24, 2.45) is 0 Å². The third-order valence-electron chi connectivity index (χ3n) is 4.84. The summed E-state index contributed by atoms with van der Waals surface area (Å²) in [5.74, 6) is 0.311. The van der Waals surface area contributed by atoms with Crippen LogP contribution in [0.3, 0.4) is 0 Å². The normalized spacial score (nSPS) is 17.6. The molecule has 20 heavy (non-hydrogen) atoms. The van der Waals surface area contributed by atoms with Crippen LogP contribution in [0.2, 0.25) is 16.6 Å². The Balaban J connectivity index is 2.60. The van der Waals surface area contributed by atoms with E-state index in [-0.39, 0.29) is 0 Å². The average Bonchev–Trinajstić information content (AvgIpc) is 2.35. The number of hydrogen-bond acceptors (Lipinski definition) is 2. The maximum atomic E-state index is 11.8. The molecule has 0 saturated carbocycles. The van der Waals surface area contributed by atoms with E-state index in [1.54, 1.807) is 0 Å². The van der Waals surface area contributed by atoms with Crippen LogP contribution in [0.5, 0.6) is 0 Å². The van der Waals surface area contributed by atoms with Gasteiger partial charge in [-0.25, -0.2) is 0 Å². The van der Waals surface area contributed by atoms with Crippen LogP contribution in [-0.2, 0) is 9.22 Å². The van der Waals surface area contributed by atoms with Gasteiger partial charge in [0.25, 0.3) is 0 Å². The lowest BCUT2D eigenvalue weighted by Gasteiger charge is -2.42. The molecule has 0 spiro atoms. The molecule has 1 heterocycles. The minimum Gasteiger partial charge on any atom is -0.414 e. The van der Waals surface area contributed by atoms with E-state index in [0.717, 1.165) is 32.4 Å². The fraction of sp³-hybridized carbons (Fsp3) is 0.938. The highest BCUT2D eigenvalue weighted by Crippen LogP contribution is 2.42. The molecule has 1 aliphatic rings. The van der Waals surface area contributed by atoms with E-state index in [9.17, 15) is 4.79 Å². The first-order valence-corrected chi connectivity index (χ1v) is 10.4. The van der Waals surface area contributed by atoms with Crippen LogP contribution in [0.1, 0.15) is 60.8 Å². The third kappa shape index (κ3) is 3.85. The van der Waals surface area contributed by atoms with Crippen LogP contribution < -0.4 is 0 Å². The van der Waals surface area contributed by atoms with Crippen LogP contribution >= 0.6 is 0 Å². The van der Waals surface area contributed by atoms with E-state index in [0.29, 0.717) is 29.1 Å². The highest BCUT2D eigenvalue weighted by molar-refractivity contribution is 6.77. The maximum Gasteiger partial charge on any atom is 0.222 e. The maximum absolute atomic E-state index is 11.8. The Labute approximate surface area is 126 Å². The summed E-state index contributed by atoms with van der Waals surface area (Å²) < 4.78 is 6.51. The number of likely N-dealkylation sites (tertiary alicyclic amines) is 1. The average molecular weight is 300 g/mol. The number of hydrogen-bond donors (Lipinski definition) is 0. The summed E-state index contributed by atoms with van der Waals surface area (Å²) in [6, 6.07) is 0. The summed E-state index contributed by atoms with van der Waals surface area (Å²) >= 11 is 0. The number of nitrogens with zero attached hydrogens (tertiary/aromatic N) is 1. The molecule has 0 aromatic carbocycles. The Hall–Kier alpha value is -0.353. The monoisotopic (exact) mass is 299 g/mol. The van der Waals surface area contributed by atoms with E-state index in [4.69, 9.17) is 4.43 Å². The Kier molecular flexibility index (Phi) is 6.72. The molecule has 118 valence electrons. The van der Waals surface area contributed by atoms with Crippen LogP contribution in [-0.4, -0.2) is 38.8 Å². The van der Waals surface area contributed by atoms with Gasteiger partial charge in [0.1, 0.15) is 0 Å². The van der Waals surface area contributed by atoms with Crippen LogP contribution in [0.25, 0.3) is 0 Å². The van der Waals surface area contributed by atoms with Gasteiger partial charge < -0.3 is 9.33 Å². The minimum absolute atomic E-state index is 0.311. The van der Waals surface area contributed by atoms with Gasteiger partial charge in [0.15, 0.2) is 8.32 Å². The van der Waals surface area contributed by atoms with Crippen LogP contribution in [0.15, 0.2) is 0 Å². The van der Waals surface area contributed by atoms with Crippen molar-refractivity contribution in [3.63, 3.8) is 0 Å². The van der Waals surface area contributed by atoms with Crippen LogP contribution in [0.4, 0.5) is 0 Å². The Morgan fingerprint density at radius 3 is 2.05 bits per heavy atom. The van der Waals surface area contributed by atoms with Gasteiger partial charge in [0.05, 0.1) is 6.61 Å². The minimum atomic E-state index is -1.77. The number of amides is 1. The molecule has 0 N–H and O–H groups in total. The first kappa shape index (κ1) is 17.7. The molecule has 0 aromatic heterocycles. The molecule has 0 aliphatic carbocycles. The molecule has 1 fully saturated rings. The van der Waals surface area contributed by atoms with Gasteiger partial charge in [0, 0.05) is 19.5 Å². The van der Waals surface area contributed by atoms with Gasteiger partial charge in [-0.05, 0) is 29.5 Å². The van der Waals surface area contributed by atoms with Gasteiger partial charge in [-0.2, -0.15) is 0 Å². The van der Waals surface area contributed by atoms with E-state index in [1.165, 1.54) is 0 Å². The van der Waals surface area contributed by atoms with E-state index in [1.807, 2.05) is 4.90 Å². The lowest BCUT2D eigenvalue weighted by Crippen LogP contribution is -2.49. The molecule has 3 nitrogen and oxygen atoms in total. The fourth-order valence-corrected chi connectivity index (χ4v) is 9.38. The Morgan fingerprint density at radius 1 is 1.05 bits per heavy atom. The van der Waals surface area contributed by atoms with Crippen molar-refractivity contribution in [3.8, 4) is 0 Å². The predicted octanol–water partition coefficient (Wildman–Crippen LogP) is 4.19. The van der Waals surface area contributed by atoms with Gasteiger partial charge in [-0.15, -0.1) is 0 Å². The molecular formula is C16H33NO2Si. The highest BCUT2D eigenvalue weighted by Gasteiger charge is 2.44. The molecule has 0 unspecified atom stereocenters. The van der Waals surface area contributed by atoms with Crippen molar-refractivity contribution < 1.29 is 9.22 Å². The number of piperidine rings is 1. The van der Waals surface area contributed by atoms with Crippen molar-refractivity contribution >= 4 is 14.2 Å². The second-order valence-electron chi connectivity index (χ2n) is 7.00. The lowest BCUT2D eigenvalue weighted by atomic mass is 10.1. The van der Waals surface area contributed by atoms with Crippen molar-refractivity contribution in [2.45, 2.75) is 77.4 Å². The standard InChI is InChI=1S/C16H33NO2Si/c1-13(2)20(14(3)4,15(5)6)19-12-11-17-10-8-7-9-16(17)18/h13-15H,7-12H2,1-6H3. The predicted molar refractivity (Wildman–Crippen MR) is 87.4 cm³/mol. The van der Waals surface area contributed by atoms with Crippen molar-refractivity contribution in [3.05, 3.63) is 0 Å². The van der Waals surface area contributed by atoms with Gasteiger partial charge in [0.2, 0.25) is 5.91 Å². The first-order chi connectivity index (χ1) is 9.32. The molecule has 0 bridgehead atoms. The van der Waals surface area contributed by atoms with Crippen molar-refractivity contribution in [2.75, 3.05) is 19.7 Å². The molecule has 1 rings (SSSR count). The van der Waals surface area contributed by atoms with E-state index >= 15 is 0 Å². The second kappa shape index (κ2) is 7.60. The van der Waals surface area contributed by atoms with Crippen molar-refractivity contribution in [1.29, 1.82) is 0 Å². The molecule has 0 radical (unpaired) electrons. The molecule has 0 aromatic rings. The largest absolute Gasteiger partial charge is 0.414 e. The van der Waals surface area contributed by atoms with Gasteiger partial charge in [-0.3, -0.25) is 4.79 Å². The summed E-state index contributed by atoms with van der Waals surface area (Å²) in [4.78, 5) is 13.8. The molecule has 1 aliphatic heterocycles. The summed E-state index contributed by atoms with van der Waals surface area (Å²) in [5.41, 5.74) is 1.83. The third-order valence-corrected chi connectivity index (χ3v) is 11.0. The fourth-order valence-electron chi connectivity index (χ4n) is 3.93. The second-order valence-corrected chi connectivity index (χ2v) is 12.5. The van der Waals surface area contributed by atoms with Crippen molar-refractivity contribution in [1.82, 2.24) is 4.90 Å². The summed E-state index contributed by atoms with van der Waals surface area (Å²) in [5, 5.41) is 0. The lowest BCUT2D eigenvalue weighted by molar-refractivity contribution is -0.133. The number of rotatable bonds is 7. The quantitative estimate of drug-likeness (QED) is 0.660. The first-order valence-electron chi connectivity index (χ1n) is 8.24. The molecule has 0 atom stereocenters. The Bertz CT molecular complexity index is 294. The zero-order valence-electron chi connectivity index (χ0n) is 14.2. The highest BCUT2D eigenvalue weighted by atomic mass is 28.4. The SMILES string of the molecule is CC(C)[Si](OCCN1CCCCC1=O)(C(C)C)C(C)C. The smallest absolute Gasteiger partial charge is 0.222 e. The molecule has 1 saturated heterocycles. The zero-order valence-corrected chi connectivity index (χ0v) is 15.2. The zero-order chi connectivity index (χ0) is 15.3. The number of carbonyl (C=O) groups is 1. The molecule has 4 heteroatoms. The molecule has 1 amide bonds. The van der Waals surface area contributed by atoms with E-state index < -0.39 is 8.32 Å². The van der Waals surface area contributed by atoms with Gasteiger partial charge >= 0.3 is 0 Å². The van der Waals surface area contributed by atoms with Crippen LogP contribution in [0, 0.1) is 0 Å². The topological polar surface area (TPSA) is 29.5 Å². The summed E-state index contributed by atoms with van der Waals surface area (Å²) in [6.07, 6.45) is 2.92. The number of carbonyl (C=O) groups excluding carboxylic acids is 1. The summed E-state index contributed by atoms with van der Waals surface area (Å²) in [7, 11) is -1.77. The van der Waals surface area contributed by atoms with Gasteiger partial charge in [-0.1, -0.05) is 41.5 Å². The summed E-state index contributed by atoms with van der Waals surface area (Å²) in [6.45, 7) is 16.2. The van der Waals surface area contributed by atoms with E-state index in [2.05, 4.69) is 41.5 Å². The Morgan fingerprint density at radius 2 is 1.60 bits per heavy atom. The molecular weight excluding hydrogens is 266 g/mol.